The summed E-state index contributed by atoms with van der Waals surface area (Å²) in [6.07, 6.45) is 7.57. The molecule has 2 aromatic heterocycles. The van der Waals surface area contributed by atoms with Crippen LogP contribution in [-0.4, -0.2) is 16.4 Å². The number of anilines is 1. The summed E-state index contributed by atoms with van der Waals surface area (Å²) in [5.74, 6) is 0.181. The third kappa shape index (κ3) is 4.99. The maximum atomic E-state index is 13.4. The molecule has 1 N–H and O–H groups in total. The molecule has 0 radical (unpaired) electrons. The van der Waals surface area contributed by atoms with Crippen LogP contribution in [0.3, 0.4) is 0 Å². The topological polar surface area (TPSA) is 90.5 Å². The van der Waals surface area contributed by atoms with Crippen LogP contribution in [0.25, 0.3) is 0 Å². The van der Waals surface area contributed by atoms with Gasteiger partial charge in [-0.25, -0.2) is 0 Å². The molecular formula is C25H26N2O5. The van der Waals surface area contributed by atoms with E-state index in [0.29, 0.717) is 23.7 Å². The molecular weight excluding hydrogens is 408 g/mol. The molecule has 1 aliphatic rings. The number of amides is 1. The molecule has 3 aromatic rings. The molecule has 0 atom stereocenters. The Kier molecular flexibility index (Phi) is 6.54. The van der Waals surface area contributed by atoms with Crippen molar-refractivity contribution in [2.24, 2.45) is 0 Å². The van der Waals surface area contributed by atoms with Gasteiger partial charge in [-0.2, -0.15) is 0 Å². The van der Waals surface area contributed by atoms with Gasteiger partial charge < -0.3 is 19.0 Å². The van der Waals surface area contributed by atoms with Gasteiger partial charge in [-0.05, 0) is 73.7 Å². The zero-order valence-corrected chi connectivity index (χ0v) is 18.1. The molecule has 2 heterocycles. The highest BCUT2D eigenvalue weighted by Gasteiger charge is 2.21. The summed E-state index contributed by atoms with van der Waals surface area (Å²) in [5.41, 5.74) is 2.34. The van der Waals surface area contributed by atoms with E-state index in [1.54, 1.807) is 47.2 Å². The van der Waals surface area contributed by atoms with Crippen molar-refractivity contribution in [2.45, 2.75) is 52.0 Å². The fourth-order valence-corrected chi connectivity index (χ4v) is 4.09. The molecule has 0 aliphatic heterocycles. The molecule has 1 amide bonds. The lowest BCUT2D eigenvalue weighted by atomic mass is 9.95. The van der Waals surface area contributed by atoms with Gasteiger partial charge in [0.2, 0.25) is 0 Å². The predicted molar refractivity (Wildman–Crippen MR) is 120 cm³/mol. The highest BCUT2D eigenvalue weighted by molar-refractivity contribution is 6.04. The number of benzene rings is 1. The predicted octanol–water partition coefficient (Wildman–Crippen LogP) is 4.33. The molecule has 0 spiro atoms. The van der Waals surface area contributed by atoms with Crippen LogP contribution < -0.4 is 15.6 Å². The molecule has 0 bridgehead atoms. The molecule has 7 nitrogen and oxygen atoms in total. The van der Waals surface area contributed by atoms with Crippen molar-refractivity contribution in [1.82, 2.24) is 4.57 Å². The van der Waals surface area contributed by atoms with Crippen LogP contribution in [-0.2, 0) is 24.2 Å². The van der Waals surface area contributed by atoms with Crippen molar-refractivity contribution < 1.29 is 18.7 Å². The van der Waals surface area contributed by atoms with Crippen LogP contribution in [0.1, 0.15) is 60.0 Å². The van der Waals surface area contributed by atoms with Crippen LogP contribution in [0.2, 0.25) is 0 Å². The summed E-state index contributed by atoms with van der Waals surface area (Å²) < 4.78 is 12.2. The van der Waals surface area contributed by atoms with Crippen LogP contribution >= 0.6 is 0 Å². The molecule has 7 heteroatoms. The molecule has 0 saturated heterocycles. The van der Waals surface area contributed by atoms with Gasteiger partial charge in [0.05, 0.1) is 12.8 Å². The van der Waals surface area contributed by atoms with E-state index in [9.17, 15) is 14.4 Å². The number of esters is 1. The number of nitrogens with zero attached hydrogens (tertiary/aromatic N) is 1. The van der Waals surface area contributed by atoms with E-state index in [0.717, 1.165) is 49.8 Å². The molecule has 32 heavy (non-hydrogen) atoms. The Morgan fingerprint density at radius 1 is 1.06 bits per heavy atom. The minimum atomic E-state index is -0.465. The Hall–Kier alpha value is -3.61. The van der Waals surface area contributed by atoms with Gasteiger partial charge >= 0.3 is 5.97 Å². The van der Waals surface area contributed by atoms with Crippen LogP contribution in [0.4, 0.5) is 5.69 Å². The van der Waals surface area contributed by atoms with Gasteiger partial charge in [0.25, 0.3) is 11.5 Å². The summed E-state index contributed by atoms with van der Waals surface area (Å²) in [5, 5.41) is 2.78. The third-order valence-electron chi connectivity index (χ3n) is 5.61. The van der Waals surface area contributed by atoms with E-state index in [1.807, 2.05) is 6.07 Å². The number of nitrogens with one attached hydrogen (secondary N) is 1. The number of furan rings is 1. The minimum absolute atomic E-state index is 0.111. The fraction of sp³-hybridized carbons (Fsp3) is 0.320. The summed E-state index contributed by atoms with van der Waals surface area (Å²) >= 11 is 0. The second-order valence-electron chi connectivity index (χ2n) is 7.99. The number of carbonyl (C=O) groups excluding carboxylic acids is 2. The van der Waals surface area contributed by atoms with Crippen LogP contribution in [0, 0.1) is 0 Å². The summed E-state index contributed by atoms with van der Waals surface area (Å²) in [4.78, 5) is 37.5. The molecule has 166 valence electrons. The number of aromatic nitrogens is 1. The molecule has 0 saturated carbocycles. The van der Waals surface area contributed by atoms with Crippen molar-refractivity contribution in [1.29, 1.82) is 0 Å². The first-order valence-corrected chi connectivity index (χ1v) is 10.9. The van der Waals surface area contributed by atoms with Crippen molar-refractivity contribution >= 4 is 17.6 Å². The molecule has 1 aliphatic carbocycles. The molecule has 4 rings (SSSR count). The van der Waals surface area contributed by atoms with Gasteiger partial charge in [-0.1, -0.05) is 12.8 Å². The Morgan fingerprint density at radius 2 is 1.81 bits per heavy atom. The molecule has 0 fully saturated rings. The summed E-state index contributed by atoms with van der Waals surface area (Å²) in [7, 11) is 0. The highest BCUT2D eigenvalue weighted by Crippen LogP contribution is 2.22. The maximum absolute atomic E-state index is 13.4. The lowest BCUT2D eigenvalue weighted by molar-refractivity contribution is -0.131. The van der Waals surface area contributed by atoms with Crippen LogP contribution in [0.5, 0.6) is 5.75 Å². The van der Waals surface area contributed by atoms with E-state index in [4.69, 9.17) is 9.15 Å². The number of fused-ring (bicyclic) bond motifs is 1. The Bertz CT molecular complexity index is 1160. The maximum Gasteiger partial charge on any atom is 0.308 e. The van der Waals surface area contributed by atoms with Gasteiger partial charge in [0.15, 0.2) is 0 Å². The summed E-state index contributed by atoms with van der Waals surface area (Å²) in [6.45, 7) is 1.62. The lowest BCUT2D eigenvalue weighted by Crippen LogP contribution is -2.33. The Morgan fingerprint density at radius 3 is 2.50 bits per heavy atom. The van der Waals surface area contributed by atoms with Crippen LogP contribution in [0.15, 0.2) is 57.9 Å². The second kappa shape index (κ2) is 9.68. The molecule has 0 unspecified atom stereocenters. The number of hydrogen-bond acceptors (Lipinski definition) is 5. The normalized spacial score (nSPS) is 13.5. The largest absolute Gasteiger partial charge is 0.467 e. The SMILES string of the molecule is CC(=O)Oc1ccc(NC(=O)c2cc3c(n(Cc4ccco4)c2=O)CCCCCC3)cc1. The van der Waals surface area contributed by atoms with Gasteiger partial charge in [0.1, 0.15) is 17.1 Å². The van der Waals surface area contributed by atoms with Gasteiger partial charge in [0, 0.05) is 18.3 Å². The quantitative estimate of drug-likeness (QED) is 0.477. The molecule has 1 aromatic carbocycles. The Balaban J connectivity index is 1.66. The smallest absolute Gasteiger partial charge is 0.308 e. The monoisotopic (exact) mass is 434 g/mol. The average molecular weight is 434 g/mol. The first kappa shape index (κ1) is 21.6. The van der Waals surface area contributed by atoms with Crippen molar-refractivity contribution in [3.63, 3.8) is 0 Å². The summed E-state index contributed by atoms with van der Waals surface area (Å²) in [6, 6.07) is 11.8. The number of ether oxygens (including phenoxy) is 1. The lowest BCUT2D eigenvalue weighted by Gasteiger charge is -2.20. The van der Waals surface area contributed by atoms with Crippen molar-refractivity contribution in [2.75, 3.05) is 5.32 Å². The van der Waals surface area contributed by atoms with E-state index in [1.165, 1.54) is 6.92 Å². The van der Waals surface area contributed by atoms with E-state index in [2.05, 4.69) is 5.32 Å². The number of hydrogen-bond donors (Lipinski definition) is 1. The van der Waals surface area contributed by atoms with Crippen molar-refractivity contribution in [3.05, 3.63) is 81.7 Å². The fourth-order valence-electron chi connectivity index (χ4n) is 4.09. The first-order valence-electron chi connectivity index (χ1n) is 10.9. The highest BCUT2D eigenvalue weighted by atomic mass is 16.5. The third-order valence-corrected chi connectivity index (χ3v) is 5.61. The van der Waals surface area contributed by atoms with Gasteiger partial charge in [-0.15, -0.1) is 0 Å². The van der Waals surface area contributed by atoms with Crippen molar-refractivity contribution in [3.8, 4) is 5.75 Å². The average Bonchev–Trinajstić information content (AvgIpc) is 3.25. The standard InChI is InChI=1S/C25H26N2O5/c1-17(28)32-20-12-10-19(11-13-20)26-24(29)22-15-18-7-4-2-3-5-9-23(18)27(25(22)30)16-21-8-6-14-31-21/h6,8,10-15H,2-5,7,9,16H2,1H3,(H,26,29). The first-order chi connectivity index (χ1) is 15.5. The van der Waals surface area contributed by atoms with E-state index < -0.39 is 11.9 Å². The Labute approximate surface area is 186 Å². The number of aryl methyl sites for hydroxylation is 1. The number of rotatable bonds is 5. The zero-order chi connectivity index (χ0) is 22.5. The zero-order valence-electron chi connectivity index (χ0n) is 18.1. The van der Waals surface area contributed by atoms with E-state index in [-0.39, 0.29) is 11.1 Å². The second-order valence-corrected chi connectivity index (χ2v) is 7.99. The number of pyridine rings is 1. The number of carbonyl (C=O) groups is 2. The van der Waals surface area contributed by atoms with E-state index >= 15 is 0 Å². The minimum Gasteiger partial charge on any atom is -0.467 e. The van der Waals surface area contributed by atoms with Gasteiger partial charge in [-0.3, -0.25) is 14.4 Å².